The highest BCUT2D eigenvalue weighted by atomic mass is 79.9. The molecule has 0 saturated carbocycles. The zero-order chi connectivity index (χ0) is 20.1. The molecule has 0 radical (unpaired) electrons. The number of hydrogen-bond acceptors (Lipinski definition) is 3. The molecular formula is C21H19BrN2O3S. The first kappa shape index (κ1) is 20.1. The summed E-state index contributed by atoms with van der Waals surface area (Å²) in [5.74, 6) is -0.438. The second kappa shape index (κ2) is 8.58. The van der Waals surface area contributed by atoms with E-state index in [1.807, 2.05) is 25.1 Å². The molecule has 0 aliphatic carbocycles. The molecule has 0 aliphatic heterocycles. The van der Waals surface area contributed by atoms with Crippen molar-refractivity contribution in [2.75, 3.05) is 16.2 Å². The van der Waals surface area contributed by atoms with Gasteiger partial charge in [-0.25, -0.2) is 8.42 Å². The van der Waals surface area contributed by atoms with E-state index in [9.17, 15) is 13.2 Å². The van der Waals surface area contributed by atoms with Gasteiger partial charge in [-0.3, -0.25) is 9.10 Å². The lowest BCUT2D eigenvalue weighted by Crippen LogP contribution is -2.38. The second-order valence-electron chi connectivity index (χ2n) is 6.19. The summed E-state index contributed by atoms with van der Waals surface area (Å²) >= 11 is 3.37. The van der Waals surface area contributed by atoms with Crippen LogP contribution in [-0.2, 0) is 14.8 Å². The van der Waals surface area contributed by atoms with Gasteiger partial charge in [-0.1, -0.05) is 48.0 Å². The summed E-state index contributed by atoms with van der Waals surface area (Å²) in [5, 5.41) is 2.75. The fourth-order valence-electron chi connectivity index (χ4n) is 2.63. The van der Waals surface area contributed by atoms with Crippen LogP contribution in [-0.4, -0.2) is 20.9 Å². The molecule has 5 nitrogen and oxygen atoms in total. The largest absolute Gasteiger partial charge is 0.323 e. The van der Waals surface area contributed by atoms with E-state index in [2.05, 4.69) is 21.2 Å². The van der Waals surface area contributed by atoms with E-state index in [1.54, 1.807) is 48.5 Å². The van der Waals surface area contributed by atoms with E-state index >= 15 is 0 Å². The van der Waals surface area contributed by atoms with Gasteiger partial charge in [0.2, 0.25) is 5.91 Å². The van der Waals surface area contributed by atoms with E-state index in [0.29, 0.717) is 11.4 Å². The van der Waals surface area contributed by atoms with Crippen molar-refractivity contribution in [3.63, 3.8) is 0 Å². The van der Waals surface area contributed by atoms with Crippen LogP contribution < -0.4 is 9.62 Å². The molecule has 28 heavy (non-hydrogen) atoms. The molecule has 3 aromatic carbocycles. The highest BCUT2D eigenvalue weighted by molar-refractivity contribution is 9.10. The Kier molecular flexibility index (Phi) is 6.16. The van der Waals surface area contributed by atoms with Gasteiger partial charge in [0.25, 0.3) is 10.0 Å². The lowest BCUT2D eigenvalue weighted by atomic mass is 10.2. The van der Waals surface area contributed by atoms with Crippen molar-refractivity contribution < 1.29 is 13.2 Å². The van der Waals surface area contributed by atoms with Crippen molar-refractivity contribution in [1.82, 2.24) is 0 Å². The Labute approximate surface area is 173 Å². The smallest absolute Gasteiger partial charge is 0.264 e. The van der Waals surface area contributed by atoms with Crippen LogP contribution in [0.15, 0.2) is 88.2 Å². The number of aryl methyl sites for hydroxylation is 1. The monoisotopic (exact) mass is 458 g/mol. The number of rotatable bonds is 6. The Morgan fingerprint density at radius 3 is 2.18 bits per heavy atom. The van der Waals surface area contributed by atoms with Crippen molar-refractivity contribution in [3.8, 4) is 0 Å². The van der Waals surface area contributed by atoms with E-state index in [1.165, 1.54) is 12.1 Å². The Balaban J connectivity index is 1.94. The van der Waals surface area contributed by atoms with Gasteiger partial charge in [0.15, 0.2) is 0 Å². The summed E-state index contributed by atoms with van der Waals surface area (Å²) < 4.78 is 28.3. The van der Waals surface area contributed by atoms with Crippen LogP contribution in [0.2, 0.25) is 0 Å². The summed E-state index contributed by atoms with van der Waals surface area (Å²) in [6, 6.07) is 22.3. The maximum absolute atomic E-state index is 13.2. The molecule has 0 saturated heterocycles. The summed E-state index contributed by atoms with van der Waals surface area (Å²) in [5.41, 5.74) is 2.00. The van der Waals surface area contributed by atoms with E-state index in [4.69, 9.17) is 0 Å². The van der Waals surface area contributed by atoms with Crippen molar-refractivity contribution in [3.05, 3.63) is 88.9 Å². The molecule has 7 heteroatoms. The standard InChI is InChI=1S/C21H19BrN2O3S/c1-16-11-13-17(14-12-16)24(28(26,27)18-7-3-2-4-8-18)15-21(25)23-20-10-6-5-9-19(20)22/h2-14H,15H2,1H3,(H,23,25). The van der Waals surface area contributed by atoms with Gasteiger partial charge in [-0.2, -0.15) is 0 Å². The van der Waals surface area contributed by atoms with Crippen molar-refractivity contribution >= 4 is 43.2 Å². The quantitative estimate of drug-likeness (QED) is 0.587. The summed E-state index contributed by atoms with van der Waals surface area (Å²) in [4.78, 5) is 12.8. The number of carbonyl (C=O) groups is 1. The van der Waals surface area contributed by atoms with Gasteiger partial charge in [-0.15, -0.1) is 0 Å². The van der Waals surface area contributed by atoms with Crippen LogP contribution in [0, 0.1) is 6.92 Å². The average Bonchev–Trinajstić information content (AvgIpc) is 2.69. The average molecular weight is 459 g/mol. The van der Waals surface area contributed by atoms with Gasteiger partial charge >= 0.3 is 0 Å². The number of anilines is 2. The number of nitrogens with one attached hydrogen (secondary N) is 1. The predicted octanol–water partition coefficient (Wildman–Crippen LogP) is 4.59. The minimum atomic E-state index is -3.90. The Morgan fingerprint density at radius 2 is 1.54 bits per heavy atom. The number of amides is 1. The van der Waals surface area contributed by atoms with Crippen LogP contribution in [0.4, 0.5) is 11.4 Å². The van der Waals surface area contributed by atoms with Crippen molar-refractivity contribution in [1.29, 1.82) is 0 Å². The van der Waals surface area contributed by atoms with Crippen LogP contribution in [0.3, 0.4) is 0 Å². The molecule has 0 fully saturated rings. The lowest BCUT2D eigenvalue weighted by molar-refractivity contribution is -0.114. The maximum atomic E-state index is 13.2. The number of para-hydroxylation sites is 1. The number of carbonyl (C=O) groups excluding carboxylic acids is 1. The maximum Gasteiger partial charge on any atom is 0.264 e. The van der Waals surface area contributed by atoms with Gasteiger partial charge in [0.1, 0.15) is 6.54 Å². The molecule has 0 unspecified atom stereocenters. The van der Waals surface area contributed by atoms with Gasteiger partial charge in [0, 0.05) is 4.47 Å². The number of halogens is 1. The molecule has 144 valence electrons. The van der Waals surface area contributed by atoms with E-state index in [-0.39, 0.29) is 11.4 Å². The second-order valence-corrected chi connectivity index (χ2v) is 8.90. The van der Waals surface area contributed by atoms with Crippen molar-refractivity contribution in [2.45, 2.75) is 11.8 Å². The lowest BCUT2D eigenvalue weighted by Gasteiger charge is -2.24. The first-order valence-corrected chi connectivity index (χ1v) is 10.8. The van der Waals surface area contributed by atoms with Crippen LogP contribution in [0.25, 0.3) is 0 Å². The van der Waals surface area contributed by atoms with E-state index < -0.39 is 15.9 Å². The zero-order valence-electron chi connectivity index (χ0n) is 15.2. The first-order chi connectivity index (χ1) is 13.4. The van der Waals surface area contributed by atoms with E-state index in [0.717, 1.165) is 14.3 Å². The minimum Gasteiger partial charge on any atom is -0.323 e. The number of sulfonamides is 1. The third kappa shape index (κ3) is 4.61. The molecule has 0 bridgehead atoms. The molecule has 0 spiro atoms. The Bertz CT molecular complexity index is 1070. The third-order valence-corrected chi connectivity index (χ3v) is 6.57. The first-order valence-electron chi connectivity index (χ1n) is 8.57. The summed E-state index contributed by atoms with van der Waals surface area (Å²) in [6.45, 7) is 1.57. The molecule has 3 aromatic rings. The topological polar surface area (TPSA) is 66.5 Å². The zero-order valence-corrected chi connectivity index (χ0v) is 17.6. The van der Waals surface area contributed by atoms with Gasteiger partial charge in [-0.05, 0) is 59.3 Å². The molecule has 1 N–H and O–H groups in total. The van der Waals surface area contributed by atoms with Crippen LogP contribution in [0.5, 0.6) is 0 Å². The summed E-state index contributed by atoms with van der Waals surface area (Å²) in [6.07, 6.45) is 0. The normalized spacial score (nSPS) is 11.1. The molecule has 3 rings (SSSR count). The van der Waals surface area contributed by atoms with Gasteiger partial charge in [0.05, 0.1) is 16.3 Å². The predicted molar refractivity (Wildman–Crippen MR) is 115 cm³/mol. The van der Waals surface area contributed by atoms with Crippen molar-refractivity contribution in [2.24, 2.45) is 0 Å². The number of hydrogen-bond donors (Lipinski definition) is 1. The minimum absolute atomic E-state index is 0.129. The number of nitrogens with zero attached hydrogens (tertiary/aromatic N) is 1. The molecule has 0 atom stereocenters. The molecular weight excluding hydrogens is 440 g/mol. The highest BCUT2D eigenvalue weighted by Gasteiger charge is 2.27. The molecule has 0 heterocycles. The fourth-order valence-corrected chi connectivity index (χ4v) is 4.45. The highest BCUT2D eigenvalue weighted by Crippen LogP contribution is 2.25. The number of benzene rings is 3. The fraction of sp³-hybridized carbons (Fsp3) is 0.0952. The Hall–Kier alpha value is -2.64. The third-order valence-electron chi connectivity index (χ3n) is 4.09. The van der Waals surface area contributed by atoms with Gasteiger partial charge < -0.3 is 5.32 Å². The summed E-state index contributed by atoms with van der Waals surface area (Å²) in [7, 11) is -3.90. The SMILES string of the molecule is Cc1ccc(N(CC(=O)Nc2ccccc2Br)S(=O)(=O)c2ccccc2)cc1. The Morgan fingerprint density at radius 1 is 0.929 bits per heavy atom. The molecule has 0 aliphatic rings. The van der Waals surface area contributed by atoms with Crippen LogP contribution >= 0.6 is 15.9 Å². The molecule has 1 amide bonds. The van der Waals surface area contributed by atoms with Crippen LogP contribution in [0.1, 0.15) is 5.56 Å². The molecule has 0 aromatic heterocycles.